The van der Waals surface area contributed by atoms with E-state index >= 15 is 0 Å². The molecule has 0 saturated carbocycles. The average Bonchev–Trinajstić information content (AvgIpc) is 3.03. The van der Waals surface area contributed by atoms with Gasteiger partial charge in [0.05, 0.1) is 17.1 Å². The number of likely N-dealkylation sites (tertiary alicyclic amines) is 1. The molecular formula is C16H12Cl2N4O2. The largest absolute Gasteiger partial charge is 0.470 e. The Labute approximate surface area is 148 Å². The highest BCUT2D eigenvalue weighted by Gasteiger charge is 2.30. The van der Waals surface area contributed by atoms with Gasteiger partial charge in [0.25, 0.3) is 11.8 Å². The van der Waals surface area contributed by atoms with Gasteiger partial charge in [-0.15, -0.1) is 0 Å². The minimum atomic E-state index is -0.246. The van der Waals surface area contributed by atoms with Crippen LogP contribution in [0.3, 0.4) is 0 Å². The van der Waals surface area contributed by atoms with Crippen molar-refractivity contribution >= 4 is 29.1 Å². The lowest BCUT2D eigenvalue weighted by atomic mass is 10.2. The number of nitriles is 1. The van der Waals surface area contributed by atoms with E-state index in [1.54, 1.807) is 23.1 Å². The highest BCUT2D eigenvalue weighted by molar-refractivity contribution is 6.36. The van der Waals surface area contributed by atoms with Crippen LogP contribution in [0.4, 0.5) is 0 Å². The Balaban J connectivity index is 1.69. The molecule has 122 valence electrons. The highest BCUT2D eigenvalue weighted by Crippen LogP contribution is 2.25. The maximum atomic E-state index is 12.6. The SMILES string of the molecule is N#Cc1nccnc1OC1CCN(C(=O)c2ccc(Cl)cc2Cl)C1. The molecule has 0 radical (unpaired) electrons. The van der Waals surface area contributed by atoms with Crippen LogP contribution in [-0.2, 0) is 0 Å². The molecule has 1 aromatic carbocycles. The highest BCUT2D eigenvalue weighted by atomic mass is 35.5. The fourth-order valence-electron chi connectivity index (χ4n) is 2.49. The topological polar surface area (TPSA) is 79.1 Å². The van der Waals surface area contributed by atoms with Crippen molar-refractivity contribution in [2.75, 3.05) is 13.1 Å². The molecule has 2 aromatic rings. The molecule has 1 aromatic heterocycles. The number of amides is 1. The lowest BCUT2D eigenvalue weighted by Gasteiger charge is -2.17. The quantitative estimate of drug-likeness (QED) is 0.838. The lowest BCUT2D eigenvalue weighted by Crippen LogP contribution is -2.31. The van der Waals surface area contributed by atoms with Crippen molar-refractivity contribution in [2.24, 2.45) is 0 Å². The zero-order valence-electron chi connectivity index (χ0n) is 12.4. The molecule has 24 heavy (non-hydrogen) atoms. The van der Waals surface area contributed by atoms with E-state index in [2.05, 4.69) is 9.97 Å². The van der Waals surface area contributed by atoms with Crippen molar-refractivity contribution in [1.82, 2.24) is 14.9 Å². The number of carbonyl (C=O) groups is 1. The van der Waals surface area contributed by atoms with Crippen molar-refractivity contribution in [2.45, 2.75) is 12.5 Å². The first-order chi connectivity index (χ1) is 11.6. The predicted octanol–water partition coefficient (Wildman–Crippen LogP) is 2.95. The van der Waals surface area contributed by atoms with E-state index < -0.39 is 0 Å². The fourth-order valence-corrected chi connectivity index (χ4v) is 2.98. The smallest absolute Gasteiger partial charge is 0.255 e. The standard InChI is InChI=1S/C16H12Cl2N4O2/c17-10-1-2-12(13(18)7-10)16(23)22-6-3-11(9-22)24-15-14(8-19)20-4-5-21-15/h1-2,4-5,7,11H,3,6,9H2. The molecular weight excluding hydrogens is 351 g/mol. The van der Waals surface area contributed by atoms with E-state index in [1.165, 1.54) is 12.4 Å². The van der Waals surface area contributed by atoms with Crippen LogP contribution in [0.2, 0.25) is 10.0 Å². The molecule has 2 heterocycles. The van der Waals surface area contributed by atoms with Gasteiger partial charge in [-0.05, 0) is 18.2 Å². The van der Waals surface area contributed by atoms with E-state index in [-0.39, 0.29) is 23.6 Å². The zero-order valence-corrected chi connectivity index (χ0v) is 14.0. The second-order valence-electron chi connectivity index (χ2n) is 5.23. The van der Waals surface area contributed by atoms with Gasteiger partial charge in [-0.1, -0.05) is 23.2 Å². The van der Waals surface area contributed by atoms with Crippen LogP contribution in [0, 0.1) is 11.3 Å². The van der Waals surface area contributed by atoms with Crippen LogP contribution in [-0.4, -0.2) is 40.0 Å². The fraction of sp³-hybridized carbons (Fsp3) is 0.250. The molecule has 0 spiro atoms. The zero-order chi connectivity index (χ0) is 17.1. The number of halogens is 2. The lowest BCUT2D eigenvalue weighted by molar-refractivity contribution is 0.0771. The van der Waals surface area contributed by atoms with E-state index in [0.717, 1.165) is 0 Å². The van der Waals surface area contributed by atoms with Crippen LogP contribution >= 0.6 is 23.2 Å². The van der Waals surface area contributed by atoms with Crippen molar-refractivity contribution in [3.63, 3.8) is 0 Å². The molecule has 0 N–H and O–H groups in total. The Kier molecular flexibility index (Phi) is 4.84. The number of benzene rings is 1. The normalized spacial score (nSPS) is 16.7. The molecule has 3 rings (SSSR count). The Morgan fingerprint density at radius 2 is 2.12 bits per heavy atom. The summed E-state index contributed by atoms with van der Waals surface area (Å²) in [5.41, 5.74) is 0.530. The van der Waals surface area contributed by atoms with Crippen LogP contribution in [0.1, 0.15) is 22.5 Å². The van der Waals surface area contributed by atoms with Crippen LogP contribution in [0.25, 0.3) is 0 Å². The average molecular weight is 363 g/mol. The summed E-state index contributed by atoms with van der Waals surface area (Å²) in [4.78, 5) is 22.1. The summed E-state index contributed by atoms with van der Waals surface area (Å²) in [5.74, 6) is 0.00578. The van der Waals surface area contributed by atoms with Crippen LogP contribution in [0.5, 0.6) is 5.88 Å². The van der Waals surface area contributed by atoms with E-state index in [4.69, 9.17) is 33.2 Å². The minimum absolute atomic E-state index is 0.128. The number of aromatic nitrogens is 2. The molecule has 1 saturated heterocycles. The van der Waals surface area contributed by atoms with E-state index in [1.807, 2.05) is 6.07 Å². The number of nitrogens with zero attached hydrogens (tertiary/aromatic N) is 4. The first-order valence-corrected chi connectivity index (χ1v) is 7.96. The van der Waals surface area contributed by atoms with Crippen molar-refractivity contribution in [3.8, 4) is 11.9 Å². The third-order valence-corrected chi connectivity index (χ3v) is 4.19. The van der Waals surface area contributed by atoms with Gasteiger partial charge in [0.15, 0.2) is 0 Å². The molecule has 1 aliphatic rings. The van der Waals surface area contributed by atoms with Crippen molar-refractivity contribution in [1.29, 1.82) is 5.26 Å². The van der Waals surface area contributed by atoms with Gasteiger partial charge in [-0.25, -0.2) is 9.97 Å². The monoisotopic (exact) mass is 362 g/mol. The molecule has 0 bridgehead atoms. The van der Waals surface area contributed by atoms with Gasteiger partial charge in [0.1, 0.15) is 12.2 Å². The number of carbonyl (C=O) groups excluding carboxylic acids is 1. The van der Waals surface area contributed by atoms with Gasteiger partial charge >= 0.3 is 0 Å². The molecule has 1 amide bonds. The Hall–Kier alpha value is -2.36. The first kappa shape index (κ1) is 16.5. The van der Waals surface area contributed by atoms with Crippen LogP contribution < -0.4 is 4.74 Å². The van der Waals surface area contributed by atoms with Gasteiger partial charge < -0.3 is 9.64 Å². The Bertz CT molecular complexity index is 822. The third kappa shape index (κ3) is 3.42. The van der Waals surface area contributed by atoms with Crippen LogP contribution in [0.15, 0.2) is 30.6 Å². The molecule has 1 atom stereocenters. The van der Waals surface area contributed by atoms with Gasteiger partial charge in [0, 0.05) is 30.4 Å². The molecule has 1 fully saturated rings. The summed E-state index contributed by atoms with van der Waals surface area (Å²) < 4.78 is 5.72. The molecule has 8 heteroatoms. The Morgan fingerprint density at radius 1 is 1.33 bits per heavy atom. The second kappa shape index (κ2) is 7.04. The van der Waals surface area contributed by atoms with E-state index in [9.17, 15) is 4.79 Å². The summed E-state index contributed by atoms with van der Waals surface area (Å²) in [7, 11) is 0. The number of hydrogen-bond donors (Lipinski definition) is 0. The summed E-state index contributed by atoms with van der Waals surface area (Å²) in [6, 6.07) is 6.71. The van der Waals surface area contributed by atoms with Gasteiger partial charge in [-0.3, -0.25) is 4.79 Å². The van der Waals surface area contributed by atoms with Gasteiger partial charge in [0.2, 0.25) is 5.69 Å². The number of hydrogen-bond acceptors (Lipinski definition) is 5. The molecule has 0 aliphatic carbocycles. The first-order valence-electron chi connectivity index (χ1n) is 7.20. The van der Waals surface area contributed by atoms with Crippen molar-refractivity contribution < 1.29 is 9.53 Å². The maximum absolute atomic E-state index is 12.6. The molecule has 1 unspecified atom stereocenters. The second-order valence-corrected chi connectivity index (χ2v) is 6.07. The Morgan fingerprint density at radius 3 is 2.88 bits per heavy atom. The maximum Gasteiger partial charge on any atom is 0.255 e. The number of rotatable bonds is 3. The molecule has 6 nitrogen and oxygen atoms in total. The van der Waals surface area contributed by atoms with E-state index in [0.29, 0.717) is 35.1 Å². The third-order valence-electron chi connectivity index (χ3n) is 3.64. The minimum Gasteiger partial charge on any atom is -0.470 e. The molecule has 1 aliphatic heterocycles. The summed E-state index contributed by atoms with van der Waals surface area (Å²) in [6.45, 7) is 0.920. The number of ether oxygens (including phenoxy) is 1. The predicted molar refractivity (Wildman–Crippen MR) is 88.1 cm³/mol. The van der Waals surface area contributed by atoms with Gasteiger partial charge in [-0.2, -0.15) is 5.26 Å². The summed E-state index contributed by atoms with van der Waals surface area (Å²) in [6.07, 6.45) is 3.28. The summed E-state index contributed by atoms with van der Waals surface area (Å²) >= 11 is 11.9. The van der Waals surface area contributed by atoms with Crippen molar-refractivity contribution in [3.05, 3.63) is 51.9 Å². The summed E-state index contributed by atoms with van der Waals surface area (Å²) in [5, 5.41) is 9.81.